The molecule has 1 heterocycles. The predicted octanol–water partition coefficient (Wildman–Crippen LogP) is 4.06. The molecular weight excluding hydrogens is 444 g/mol. The molecule has 152 valence electrons. The fourth-order valence-corrected chi connectivity index (χ4v) is 3.83. The molecule has 2 aromatic carbocycles. The number of hydrogen-bond donors (Lipinski definition) is 1. The highest BCUT2D eigenvalue weighted by Gasteiger charge is 2.20. The van der Waals surface area contributed by atoms with Gasteiger partial charge in [0.15, 0.2) is 15.7 Å². The predicted molar refractivity (Wildman–Crippen MR) is 105 cm³/mol. The highest BCUT2D eigenvalue weighted by Crippen LogP contribution is 2.20. The largest absolute Gasteiger partial charge is 0.339 e. The Morgan fingerprint density at radius 3 is 2.48 bits per heavy atom. The van der Waals surface area contributed by atoms with E-state index in [9.17, 15) is 17.6 Å². The molecule has 0 aliphatic heterocycles. The maximum Gasteiger partial charge on any atom is 0.227 e. The number of nitrogens with one attached hydrogen (secondary N) is 1. The van der Waals surface area contributed by atoms with E-state index in [1.54, 1.807) is 0 Å². The number of benzene rings is 2. The van der Waals surface area contributed by atoms with Crippen molar-refractivity contribution >= 4 is 44.6 Å². The molecule has 0 aliphatic rings. The SMILES string of the molecule is O=C(CCc1nc(CS(=O)(=O)c2ccc(Cl)cc2)no1)Nc1ccc(Cl)cc1F. The fraction of sp³-hybridized carbons (Fsp3) is 0.167. The van der Waals surface area contributed by atoms with Crippen molar-refractivity contribution in [1.82, 2.24) is 10.1 Å². The summed E-state index contributed by atoms with van der Waals surface area (Å²) in [7, 11) is -3.67. The van der Waals surface area contributed by atoms with Gasteiger partial charge < -0.3 is 9.84 Å². The van der Waals surface area contributed by atoms with E-state index in [1.807, 2.05) is 0 Å². The number of anilines is 1. The van der Waals surface area contributed by atoms with Crippen LogP contribution in [0.1, 0.15) is 18.1 Å². The van der Waals surface area contributed by atoms with Crippen LogP contribution >= 0.6 is 23.2 Å². The average Bonchev–Trinajstić information content (AvgIpc) is 3.09. The van der Waals surface area contributed by atoms with Crippen molar-refractivity contribution in [1.29, 1.82) is 0 Å². The molecule has 3 aromatic rings. The van der Waals surface area contributed by atoms with Crippen LogP contribution in [0.25, 0.3) is 0 Å². The van der Waals surface area contributed by atoms with E-state index >= 15 is 0 Å². The first-order valence-electron chi connectivity index (χ1n) is 8.27. The molecule has 0 bridgehead atoms. The van der Waals surface area contributed by atoms with Crippen LogP contribution in [0, 0.1) is 5.82 Å². The number of rotatable bonds is 7. The molecule has 1 N–H and O–H groups in total. The number of aryl methyl sites for hydroxylation is 1. The van der Waals surface area contributed by atoms with Crippen molar-refractivity contribution in [2.45, 2.75) is 23.5 Å². The number of halogens is 3. The maximum atomic E-state index is 13.7. The third kappa shape index (κ3) is 5.75. The third-order valence-corrected chi connectivity index (χ3v) is 5.89. The van der Waals surface area contributed by atoms with E-state index in [-0.39, 0.29) is 40.2 Å². The second-order valence-electron chi connectivity index (χ2n) is 5.99. The smallest absolute Gasteiger partial charge is 0.227 e. The van der Waals surface area contributed by atoms with Crippen LogP contribution in [-0.2, 0) is 26.8 Å². The van der Waals surface area contributed by atoms with Gasteiger partial charge in [-0.25, -0.2) is 12.8 Å². The number of hydrogen-bond acceptors (Lipinski definition) is 6. The van der Waals surface area contributed by atoms with Crippen molar-refractivity contribution < 1.29 is 22.1 Å². The van der Waals surface area contributed by atoms with Crippen LogP contribution < -0.4 is 5.32 Å². The molecule has 0 atom stereocenters. The maximum absolute atomic E-state index is 13.7. The molecule has 0 spiro atoms. The van der Waals surface area contributed by atoms with E-state index < -0.39 is 27.3 Å². The topological polar surface area (TPSA) is 102 Å². The molecular formula is C18H14Cl2FN3O4S. The Kier molecular flexibility index (Phi) is 6.51. The minimum absolute atomic E-state index is 0.000300. The first kappa shape index (κ1) is 21.2. The molecule has 0 saturated heterocycles. The Hall–Kier alpha value is -2.49. The monoisotopic (exact) mass is 457 g/mol. The van der Waals surface area contributed by atoms with E-state index in [0.717, 1.165) is 6.07 Å². The Morgan fingerprint density at radius 1 is 1.10 bits per heavy atom. The Morgan fingerprint density at radius 2 is 1.79 bits per heavy atom. The van der Waals surface area contributed by atoms with Crippen LogP contribution in [0.2, 0.25) is 10.0 Å². The summed E-state index contributed by atoms with van der Waals surface area (Å²) < 4.78 is 43.4. The lowest BCUT2D eigenvalue weighted by Gasteiger charge is -2.05. The molecule has 11 heteroatoms. The fourth-order valence-electron chi connectivity index (χ4n) is 2.37. The molecule has 1 amide bonds. The Balaban J connectivity index is 1.57. The van der Waals surface area contributed by atoms with Gasteiger partial charge in [0, 0.05) is 22.9 Å². The number of amides is 1. The summed E-state index contributed by atoms with van der Waals surface area (Å²) in [4.78, 5) is 16.0. The Bertz CT molecular complexity index is 1130. The standard InChI is InChI=1S/C18H14Cl2FN3O4S/c19-11-1-4-13(5-2-11)29(26,27)10-16-23-18(28-24-16)8-7-17(25)22-15-6-3-12(20)9-14(15)21/h1-6,9H,7-8,10H2,(H,22,25). The van der Waals surface area contributed by atoms with Crippen LogP contribution in [0.3, 0.4) is 0 Å². The Labute approximate surface area is 175 Å². The van der Waals surface area contributed by atoms with Gasteiger partial charge in [-0.15, -0.1) is 0 Å². The normalized spacial score (nSPS) is 11.4. The van der Waals surface area contributed by atoms with Crippen LogP contribution in [0.5, 0.6) is 0 Å². The number of nitrogens with zero attached hydrogens (tertiary/aromatic N) is 2. The van der Waals surface area contributed by atoms with Crippen LogP contribution in [0.4, 0.5) is 10.1 Å². The number of aromatic nitrogens is 2. The zero-order chi connectivity index (χ0) is 21.0. The lowest BCUT2D eigenvalue weighted by Crippen LogP contribution is -2.13. The molecule has 29 heavy (non-hydrogen) atoms. The minimum atomic E-state index is -3.67. The highest BCUT2D eigenvalue weighted by molar-refractivity contribution is 7.90. The summed E-state index contributed by atoms with van der Waals surface area (Å²) >= 11 is 11.4. The summed E-state index contributed by atoms with van der Waals surface area (Å²) in [6.45, 7) is 0. The molecule has 0 unspecified atom stereocenters. The third-order valence-electron chi connectivity index (χ3n) is 3.77. The summed E-state index contributed by atoms with van der Waals surface area (Å²) in [5, 5.41) is 6.68. The van der Waals surface area contributed by atoms with Crippen molar-refractivity contribution in [2.24, 2.45) is 0 Å². The quantitative estimate of drug-likeness (QED) is 0.573. The van der Waals surface area contributed by atoms with Crippen LogP contribution in [0.15, 0.2) is 51.9 Å². The van der Waals surface area contributed by atoms with Gasteiger partial charge in [-0.1, -0.05) is 28.4 Å². The van der Waals surface area contributed by atoms with Crippen molar-refractivity contribution in [3.05, 3.63) is 70.0 Å². The van der Waals surface area contributed by atoms with Gasteiger partial charge in [0.1, 0.15) is 11.6 Å². The van der Waals surface area contributed by atoms with E-state index in [1.165, 1.54) is 36.4 Å². The minimum Gasteiger partial charge on any atom is -0.339 e. The van der Waals surface area contributed by atoms with Crippen molar-refractivity contribution in [2.75, 3.05) is 5.32 Å². The number of carbonyl (C=O) groups is 1. The lowest BCUT2D eigenvalue weighted by atomic mass is 10.2. The molecule has 0 radical (unpaired) electrons. The number of sulfone groups is 1. The van der Waals surface area contributed by atoms with Gasteiger partial charge in [-0.3, -0.25) is 4.79 Å². The second-order valence-corrected chi connectivity index (χ2v) is 8.85. The highest BCUT2D eigenvalue weighted by atomic mass is 35.5. The van der Waals surface area contributed by atoms with E-state index in [2.05, 4.69) is 15.5 Å². The zero-order valence-corrected chi connectivity index (χ0v) is 17.1. The van der Waals surface area contributed by atoms with Gasteiger partial charge in [-0.2, -0.15) is 4.98 Å². The summed E-state index contributed by atoms with van der Waals surface area (Å²) in [5.41, 5.74) is -0.000300. The van der Waals surface area contributed by atoms with Gasteiger partial charge in [0.05, 0.1) is 10.6 Å². The van der Waals surface area contributed by atoms with Gasteiger partial charge in [0.2, 0.25) is 11.8 Å². The van der Waals surface area contributed by atoms with Gasteiger partial charge >= 0.3 is 0 Å². The van der Waals surface area contributed by atoms with E-state index in [4.69, 9.17) is 27.7 Å². The summed E-state index contributed by atoms with van der Waals surface area (Å²) in [6, 6.07) is 9.60. The lowest BCUT2D eigenvalue weighted by molar-refractivity contribution is -0.116. The molecule has 1 aromatic heterocycles. The summed E-state index contributed by atoms with van der Waals surface area (Å²) in [5.74, 6) is -1.52. The average molecular weight is 458 g/mol. The van der Waals surface area contributed by atoms with Gasteiger partial charge in [0.25, 0.3) is 0 Å². The molecule has 3 rings (SSSR count). The van der Waals surface area contributed by atoms with Crippen molar-refractivity contribution in [3.63, 3.8) is 0 Å². The molecule has 0 fully saturated rings. The molecule has 7 nitrogen and oxygen atoms in total. The second kappa shape index (κ2) is 8.89. The molecule has 0 saturated carbocycles. The first-order valence-corrected chi connectivity index (χ1v) is 10.7. The van der Waals surface area contributed by atoms with Crippen LogP contribution in [-0.4, -0.2) is 24.5 Å². The zero-order valence-electron chi connectivity index (χ0n) is 14.7. The molecule has 0 aliphatic carbocycles. The number of carbonyl (C=O) groups excluding carboxylic acids is 1. The van der Waals surface area contributed by atoms with Gasteiger partial charge in [-0.05, 0) is 42.5 Å². The first-order chi connectivity index (χ1) is 13.7. The van der Waals surface area contributed by atoms with E-state index in [0.29, 0.717) is 5.02 Å². The van der Waals surface area contributed by atoms with Crippen molar-refractivity contribution in [3.8, 4) is 0 Å². The summed E-state index contributed by atoms with van der Waals surface area (Å²) in [6.07, 6.45) is 0.00265.